The lowest BCUT2D eigenvalue weighted by molar-refractivity contribution is 0.350. The first-order valence-electron chi connectivity index (χ1n) is 6.45. The molecule has 1 heterocycles. The van der Waals surface area contributed by atoms with Gasteiger partial charge in [-0.15, -0.1) is 0 Å². The van der Waals surface area contributed by atoms with Crippen molar-refractivity contribution >= 4 is 0 Å². The summed E-state index contributed by atoms with van der Waals surface area (Å²) in [5, 5.41) is 13.0. The van der Waals surface area contributed by atoms with Crippen LogP contribution < -0.4 is 10.3 Å². The first-order chi connectivity index (χ1) is 10.1. The standard InChI is InChI=1S/C16H16N2O3/c1-12-5-8-16(20)18(17-12)11-14-10-15(21-2)7-6-13(14)4-3-9-19/h5-8,10,19H,9,11H2,1-2H3. The van der Waals surface area contributed by atoms with Gasteiger partial charge in [0, 0.05) is 11.6 Å². The Balaban J connectivity index is 2.45. The van der Waals surface area contributed by atoms with Gasteiger partial charge in [0.2, 0.25) is 0 Å². The molecule has 0 amide bonds. The van der Waals surface area contributed by atoms with Crippen LogP contribution in [0.5, 0.6) is 5.75 Å². The van der Waals surface area contributed by atoms with E-state index in [1.807, 2.05) is 13.0 Å². The van der Waals surface area contributed by atoms with E-state index in [-0.39, 0.29) is 12.2 Å². The molecule has 1 aromatic heterocycles. The molecule has 0 radical (unpaired) electrons. The Morgan fingerprint density at radius 3 is 2.86 bits per heavy atom. The zero-order valence-corrected chi connectivity index (χ0v) is 12.0. The van der Waals surface area contributed by atoms with Crippen LogP contribution in [0.2, 0.25) is 0 Å². The third kappa shape index (κ3) is 3.71. The molecule has 0 spiro atoms. The number of aryl methyl sites for hydroxylation is 1. The van der Waals surface area contributed by atoms with Gasteiger partial charge in [-0.25, -0.2) is 4.68 Å². The van der Waals surface area contributed by atoms with E-state index < -0.39 is 0 Å². The zero-order chi connectivity index (χ0) is 15.2. The maximum atomic E-state index is 11.8. The second-order valence-electron chi connectivity index (χ2n) is 4.45. The predicted molar refractivity (Wildman–Crippen MR) is 79.3 cm³/mol. The first kappa shape index (κ1) is 14.8. The molecule has 0 aliphatic heterocycles. The highest BCUT2D eigenvalue weighted by Crippen LogP contribution is 2.17. The van der Waals surface area contributed by atoms with Crippen LogP contribution in [0.1, 0.15) is 16.8 Å². The van der Waals surface area contributed by atoms with Gasteiger partial charge < -0.3 is 9.84 Å². The Bertz CT molecular complexity index is 754. The number of nitrogens with zero attached hydrogens (tertiary/aromatic N) is 2. The Morgan fingerprint density at radius 2 is 2.14 bits per heavy atom. The minimum Gasteiger partial charge on any atom is -0.497 e. The largest absolute Gasteiger partial charge is 0.497 e. The molecule has 0 atom stereocenters. The summed E-state index contributed by atoms with van der Waals surface area (Å²) in [5.74, 6) is 6.16. The molecule has 1 aromatic carbocycles. The zero-order valence-electron chi connectivity index (χ0n) is 12.0. The molecule has 0 aliphatic carbocycles. The molecule has 0 aliphatic rings. The molecule has 0 fully saturated rings. The highest BCUT2D eigenvalue weighted by atomic mass is 16.5. The van der Waals surface area contributed by atoms with Crippen LogP contribution in [0.4, 0.5) is 0 Å². The summed E-state index contributed by atoms with van der Waals surface area (Å²) in [5.41, 5.74) is 2.14. The van der Waals surface area contributed by atoms with Crippen molar-refractivity contribution in [2.45, 2.75) is 13.5 Å². The van der Waals surface area contributed by atoms with Crippen molar-refractivity contribution in [1.82, 2.24) is 9.78 Å². The Hall–Kier alpha value is -2.58. The number of aliphatic hydroxyl groups excluding tert-OH is 1. The molecule has 1 N–H and O–H groups in total. The summed E-state index contributed by atoms with van der Waals surface area (Å²) in [6.45, 7) is 1.91. The summed E-state index contributed by atoms with van der Waals surface area (Å²) in [6, 6.07) is 8.57. The Labute approximate surface area is 122 Å². The summed E-state index contributed by atoms with van der Waals surface area (Å²) in [6.07, 6.45) is 0. The van der Waals surface area contributed by atoms with Crippen molar-refractivity contribution in [3.05, 3.63) is 57.5 Å². The molecular weight excluding hydrogens is 268 g/mol. The molecule has 108 valence electrons. The maximum absolute atomic E-state index is 11.8. The van der Waals surface area contributed by atoms with E-state index in [9.17, 15) is 4.79 Å². The van der Waals surface area contributed by atoms with Gasteiger partial charge >= 0.3 is 0 Å². The number of benzene rings is 1. The normalized spacial score (nSPS) is 9.86. The number of hydrogen-bond acceptors (Lipinski definition) is 4. The van der Waals surface area contributed by atoms with E-state index in [0.29, 0.717) is 12.3 Å². The SMILES string of the molecule is COc1ccc(C#CCO)c(Cn2nc(C)ccc2=O)c1. The molecule has 0 saturated carbocycles. The number of aliphatic hydroxyl groups is 1. The molecule has 2 aromatic rings. The first-order valence-corrected chi connectivity index (χ1v) is 6.45. The lowest BCUT2D eigenvalue weighted by Crippen LogP contribution is -2.23. The number of hydrogen-bond donors (Lipinski definition) is 1. The quantitative estimate of drug-likeness (QED) is 0.852. The summed E-state index contributed by atoms with van der Waals surface area (Å²) >= 11 is 0. The van der Waals surface area contributed by atoms with E-state index in [1.165, 1.54) is 10.7 Å². The monoisotopic (exact) mass is 284 g/mol. The Kier molecular flexibility index (Phi) is 4.75. The van der Waals surface area contributed by atoms with Crippen LogP contribution in [0, 0.1) is 18.8 Å². The summed E-state index contributed by atoms with van der Waals surface area (Å²) < 4.78 is 6.58. The van der Waals surface area contributed by atoms with E-state index in [0.717, 1.165) is 16.8 Å². The third-order valence-corrected chi connectivity index (χ3v) is 2.93. The second-order valence-corrected chi connectivity index (χ2v) is 4.45. The van der Waals surface area contributed by atoms with Crippen molar-refractivity contribution in [1.29, 1.82) is 0 Å². The molecule has 21 heavy (non-hydrogen) atoms. The van der Waals surface area contributed by atoms with Gasteiger partial charge in [-0.2, -0.15) is 5.10 Å². The predicted octanol–water partition coefficient (Wildman–Crippen LogP) is 0.952. The number of rotatable bonds is 3. The molecule has 0 bridgehead atoms. The Morgan fingerprint density at radius 1 is 1.33 bits per heavy atom. The van der Waals surface area contributed by atoms with Crippen LogP contribution in [0.15, 0.2) is 35.1 Å². The van der Waals surface area contributed by atoms with E-state index >= 15 is 0 Å². The fourth-order valence-corrected chi connectivity index (χ4v) is 1.91. The number of ether oxygens (including phenoxy) is 1. The van der Waals surface area contributed by atoms with Crippen molar-refractivity contribution in [2.24, 2.45) is 0 Å². The van der Waals surface area contributed by atoms with Gasteiger partial charge in [0.05, 0.1) is 19.3 Å². The van der Waals surface area contributed by atoms with Crippen LogP contribution in [0.3, 0.4) is 0 Å². The van der Waals surface area contributed by atoms with E-state index in [4.69, 9.17) is 9.84 Å². The van der Waals surface area contributed by atoms with Crippen LogP contribution in [-0.2, 0) is 6.54 Å². The third-order valence-electron chi connectivity index (χ3n) is 2.93. The lowest BCUT2D eigenvalue weighted by Gasteiger charge is -2.09. The molecular formula is C16H16N2O3. The highest BCUT2D eigenvalue weighted by Gasteiger charge is 2.06. The highest BCUT2D eigenvalue weighted by molar-refractivity contribution is 5.45. The average Bonchev–Trinajstić information content (AvgIpc) is 2.49. The molecule has 5 heteroatoms. The minimum atomic E-state index is -0.214. The van der Waals surface area contributed by atoms with E-state index in [1.54, 1.807) is 25.3 Å². The van der Waals surface area contributed by atoms with Crippen molar-refractivity contribution in [2.75, 3.05) is 13.7 Å². The average molecular weight is 284 g/mol. The van der Waals surface area contributed by atoms with Crippen LogP contribution in [0.25, 0.3) is 0 Å². The second kappa shape index (κ2) is 6.73. The van der Waals surface area contributed by atoms with Crippen molar-refractivity contribution < 1.29 is 9.84 Å². The van der Waals surface area contributed by atoms with Crippen LogP contribution >= 0.6 is 0 Å². The topological polar surface area (TPSA) is 64.3 Å². The molecule has 2 rings (SSSR count). The fourth-order valence-electron chi connectivity index (χ4n) is 1.91. The van der Waals surface area contributed by atoms with Gasteiger partial charge in [0.1, 0.15) is 12.4 Å². The van der Waals surface area contributed by atoms with Crippen LogP contribution in [-0.4, -0.2) is 28.6 Å². The summed E-state index contributed by atoms with van der Waals surface area (Å²) in [4.78, 5) is 11.8. The maximum Gasteiger partial charge on any atom is 0.267 e. The lowest BCUT2D eigenvalue weighted by atomic mass is 10.1. The van der Waals surface area contributed by atoms with Gasteiger partial charge in [0.15, 0.2) is 0 Å². The fraction of sp³-hybridized carbons (Fsp3) is 0.250. The smallest absolute Gasteiger partial charge is 0.267 e. The number of aromatic nitrogens is 2. The van der Waals surface area contributed by atoms with Crippen molar-refractivity contribution in [3.63, 3.8) is 0 Å². The molecule has 0 saturated heterocycles. The number of methoxy groups -OCH3 is 1. The molecule has 5 nitrogen and oxygen atoms in total. The van der Waals surface area contributed by atoms with Gasteiger partial charge in [-0.3, -0.25) is 4.79 Å². The minimum absolute atomic E-state index is 0.176. The van der Waals surface area contributed by atoms with Gasteiger partial charge in [-0.1, -0.05) is 11.8 Å². The van der Waals surface area contributed by atoms with Gasteiger partial charge in [-0.05, 0) is 36.8 Å². The molecule has 0 unspecified atom stereocenters. The van der Waals surface area contributed by atoms with Crippen molar-refractivity contribution in [3.8, 4) is 17.6 Å². The summed E-state index contributed by atoms with van der Waals surface area (Å²) in [7, 11) is 1.58. The van der Waals surface area contributed by atoms with Gasteiger partial charge in [0.25, 0.3) is 5.56 Å². The van der Waals surface area contributed by atoms with E-state index in [2.05, 4.69) is 16.9 Å².